The van der Waals surface area contributed by atoms with Gasteiger partial charge in [0.25, 0.3) is 0 Å². The fourth-order valence-electron chi connectivity index (χ4n) is 2.80. The fraction of sp³-hybridized carbons (Fsp3) is 0.562. The maximum absolute atomic E-state index is 11.8. The van der Waals surface area contributed by atoms with Crippen molar-refractivity contribution >= 4 is 15.7 Å². The first-order valence-electron chi connectivity index (χ1n) is 7.63. The first kappa shape index (κ1) is 17.0. The second-order valence-corrected chi connectivity index (χ2v) is 8.02. The third-order valence-corrected chi connectivity index (χ3v) is 5.51. The summed E-state index contributed by atoms with van der Waals surface area (Å²) in [6.45, 7) is 1.39. The minimum atomic E-state index is -3.54. The SMILES string of the molecule is CC(NC(=O)CS(=O)(=O)CCO)c1ccc2c(c1)CCCC2. The lowest BCUT2D eigenvalue weighted by atomic mass is 9.89. The molecule has 2 N–H and O–H groups in total. The molecule has 122 valence electrons. The van der Waals surface area contributed by atoms with Crippen LogP contribution in [0.25, 0.3) is 0 Å². The van der Waals surface area contributed by atoms with Gasteiger partial charge in [-0.25, -0.2) is 8.42 Å². The fourth-order valence-corrected chi connectivity index (χ4v) is 3.71. The van der Waals surface area contributed by atoms with Crippen LogP contribution in [0.1, 0.15) is 42.5 Å². The molecule has 0 fully saturated rings. The molecule has 0 heterocycles. The Labute approximate surface area is 131 Å². The number of carbonyl (C=O) groups excluding carboxylic acids is 1. The molecule has 1 unspecified atom stereocenters. The van der Waals surface area contributed by atoms with Gasteiger partial charge < -0.3 is 10.4 Å². The third-order valence-electron chi connectivity index (χ3n) is 4.00. The van der Waals surface area contributed by atoms with Crippen molar-refractivity contribution in [1.82, 2.24) is 5.32 Å². The Hall–Kier alpha value is -1.40. The van der Waals surface area contributed by atoms with Gasteiger partial charge in [0, 0.05) is 0 Å². The first-order chi connectivity index (χ1) is 10.4. The van der Waals surface area contributed by atoms with Gasteiger partial charge in [0.15, 0.2) is 9.84 Å². The summed E-state index contributed by atoms with van der Waals surface area (Å²) in [6.07, 6.45) is 4.59. The maximum atomic E-state index is 11.8. The average molecular weight is 325 g/mol. The molecule has 6 heteroatoms. The molecule has 1 aliphatic rings. The molecule has 0 aliphatic heterocycles. The zero-order valence-electron chi connectivity index (χ0n) is 12.8. The van der Waals surface area contributed by atoms with Crippen molar-refractivity contribution in [2.24, 2.45) is 0 Å². The van der Waals surface area contributed by atoms with Crippen molar-refractivity contribution < 1.29 is 18.3 Å². The minimum Gasteiger partial charge on any atom is -0.395 e. The van der Waals surface area contributed by atoms with E-state index in [0.717, 1.165) is 18.4 Å². The van der Waals surface area contributed by atoms with Crippen molar-refractivity contribution in [2.45, 2.75) is 38.6 Å². The number of rotatable bonds is 6. The Morgan fingerprint density at radius 1 is 1.27 bits per heavy atom. The lowest BCUT2D eigenvalue weighted by Crippen LogP contribution is -2.33. The molecule has 0 saturated heterocycles. The number of nitrogens with one attached hydrogen (secondary N) is 1. The molecule has 1 amide bonds. The van der Waals surface area contributed by atoms with Crippen LogP contribution in [0.2, 0.25) is 0 Å². The van der Waals surface area contributed by atoms with E-state index in [1.807, 2.05) is 13.0 Å². The Morgan fingerprint density at radius 3 is 2.64 bits per heavy atom. The summed E-state index contributed by atoms with van der Waals surface area (Å²) < 4.78 is 23.1. The maximum Gasteiger partial charge on any atom is 0.235 e. The van der Waals surface area contributed by atoms with Crippen LogP contribution in [-0.4, -0.2) is 37.5 Å². The molecule has 1 aromatic rings. The predicted molar refractivity (Wildman–Crippen MR) is 85.4 cm³/mol. The molecule has 0 bridgehead atoms. The van der Waals surface area contributed by atoms with Crippen LogP contribution in [0.15, 0.2) is 18.2 Å². The lowest BCUT2D eigenvalue weighted by Gasteiger charge is -2.20. The number of hydrogen-bond acceptors (Lipinski definition) is 4. The van der Waals surface area contributed by atoms with E-state index < -0.39 is 28.1 Å². The van der Waals surface area contributed by atoms with E-state index in [2.05, 4.69) is 17.4 Å². The molecular formula is C16H23NO4S. The van der Waals surface area contributed by atoms with Gasteiger partial charge in [-0.2, -0.15) is 0 Å². The van der Waals surface area contributed by atoms with E-state index in [1.165, 1.54) is 24.0 Å². The van der Waals surface area contributed by atoms with Crippen LogP contribution in [0, 0.1) is 0 Å². The largest absolute Gasteiger partial charge is 0.395 e. The molecule has 2 rings (SSSR count). The van der Waals surface area contributed by atoms with Crippen molar-refractivity contribution in [2.75, 3.05) is 18.1 Å². The van der Waals surface area contributed by atoms with E-state index in [0.29, 0.717) is 0 Å². The van der Waals surface area contributed by atoms with E-state index in [-0.39, 0.29) is 11.8 Å². The Bertz CT molecular complexity index is 640. The number of aliphatic hydroxyl groups is 1. The zero-order valence-corrected chi connectivity index (χ0v) is 13.7. The number of sulfone groups is 1. The van der Waals surface area contributed by atoms with Crippen molar-refractivity contribution in [3.63, 3.8) is 0 Å². The smallest absolute Gasteiger partial charge is 0.235 e. The highest BCUT2D eigenvalue weighted by atomic mass is 32.2. The number of amides is 1. The topological polar surface area (TPSA) is 83.5 Å². The third kappa shape index (κ3) is 4.55. The summed E-state index contributed by atoms with van der Waals surface area (Å²) >= 11 is 0. The molecule has 0 spiro atoms. The summed E-state index contributed by atoms with van der Waals surface area (Å²) in [5, 5.41) is 11.4. The highest BCUT2D eigenvalue weighted by Crippen LogP contribution is 2.24. The van der Waals surface area contributed by atoms with Gasteiger partial charge in [-0.15, -0.1) is 0 Å². The minimum absolute atomic E-state index is 0.232. The molecule has 5 nitrogen and oxygen atoms in total. The van der Waals surface area contributed by atoms with Gasteiger partial charge >= 0.3 is 0 Å². The van der Waals surface area contributed by atoms with Crippen molar-refractivity contribution in [3.8, 4) is 0 Å². The Kier molecular flexibility index (Phi) is 5.58. The normalized spacial score (nSPS) is 15.9. The summed E-state index contributed by atoms with van der Waals surface area (Å²) in [6, 6.07) is 5.98. The van der Waals surface area contributed by atoms with Gasteiger partial charge in [-0.3, -0.25) is 4.79 Å². The molecular weight excluding hydrogens is 302 g/mol. The van der Waals surface area contributed by atoms with E-state index in [1.54, 1.807) is 0 Å². The lowest BCUT2D eigenvalue weighted by molar-refractivity contribution is -0.119. The van der Waals surface area contributed by atoms with Gasteiger partial charge in [0.2, 0.25) is 5.91 Å². The molecule has 1 atom stereocenters. The molecule has 0 radical (unpaired) electrons. The molecule has 1 aromatic carbocycles. The second-order valence-electron chi connectivity index (χ2n) is 5.84. The number of aliphatic hydroxyl groups excluding tert-OH is 1. The molecule has 22 heavy (non-hydrogen) atoms. The summed E-state index contributed by atoms with van der Waals surface area (Å²) in [5.41, 5.74) is 3.70. The standard InChI is InChI=1S/C16H23NO4S/c1-12(17-16(19)11-22(20,21)9-8-18)14-7-6-13-4-2-3-5-15(13)10-14/h6-7,10,12,18H,2-5,8-9,11H2,1H3,(H,17,19). The predicted octanol–water partition coefficient (Wildman–Crippen LogP) is 1.15. The molecule has 0 saturated carbocycles. The van der Waals surface area contributed by atoms with Crippen LogP contribution < -0.4 is 5.32 Å². The van der Waals surface area contributed by atoms with Gasteiger partial charge in [0.1, 0.15) is 5.75 Å². The average Bonchev–Trinajstić information content (AvgIpc) is 2.45. The molecule has 1 aliphatic carbocycles. The quantitative estimate of drug-likeness (QED) is 0.822. The van der Waals surface area contributed by atoms with E-state index >= 15 is 0 Å². The van der Waals surface area contributed by atoms with Gasteiger partial charge in [-0.05, 0) is 49.3 Å². The monoisotopic (exact) mass is 325 g/mol. The van der Waals surface area contributed by atoms with Crippen LogP contribution in [0.3, 0.4) is 0 Å². The summed E-state index contributed by atoms with van der Waals surface area (Å²) in [7, 11) is -3.54. The summed E-state index contributed by atoms with van der Waals surface area (Å²) in [5.74, 6) is -1.49. The number of fused-ring (bicyclic) bond motifs is 1. The van der Waals surface area contributed by atoms with Crippen LogP contribution in [0.5, 0.6) is 0 Å². The van der Waals surface area contributed by atoms with Crippen molar-refractivity contribution in [1.29, 1.82) is 0 Å². The number of aryl methyl sites for hydroxylation is 2. The second kappa shape index (κ2) is 7.24. The Morgan fingerprint density at radius 2 is 1.95 bits per heavy atom. The Balaban J connectivity index is 2.00. The van der Waals surface area contributed by atoms with E-state index in [9.17, 15) is 13.2 Å². The zero-order chi connectivity index (χ0) is 16.2. The number of benzene rings is 1. The first-order valence-corrected chi connectivity index (χ1v) is 9.46. The number of hydrogen-bond donors (Lipinski definition) is 2. The molecule has 0 aromatic heterocycles. The highest BCUT2D eigenvalue weighted by Gasteiger charge is 2.19. The van der Waals surface area contributed by atoms with Crippen molar-refractivity contribution in [3.05, 3.63) is 34.9 Å². The summed E-state index contributed by atoms with van der Waals surface area (Å²) in [4.78, 5) is 11.8. The van der Waals surface area contributed by atoms with E-state index in [4.69, 9.17) is 5.11 Å². The number of carbonyl (C=O) groups is 1. The van der Waals surface area contributed by atoms with Gasteiger partial charge in [-0.1, -0.05) is 18.2 Å². The van der Waals surface area contributed by atoms with Crippen LogP contribution in [-0.2, 0) is 27.5 Å². The van der Waals surface area contributed by atoms with Crippen LogP contribution >= 0.6 is 0 Å². The van der Waals surface area contributed by atoms with Crippen LogP contribution in [0.4, 0.5) is 0 Å². The highest BCUT2D eigenvalue weighted by molar-refractivity contribution is 7.92. The van der Waals surface area contributed by atoms with Gasteiger partial charge in [0.05, 0.1) is 18.4 Å².